The predicted molar refractivity (Wildman–Crippen MR) is 117 cm³/mol. The van der Waals surface area contributed by atoms with E-state index in [9.17, 15) is 4.79 Å². The Morgan fingerprint density at radius 1 is 1.32 bits per heavy atom. The molecule has 0 unspecified atom stereocenters. The number of benzene rings is 1. The summed E-state index contributed by atoms with van der Waals surface area (Å²) in [5.41, 5.74) is 1.32. The molecular formula is C18H21BrClN5O2S. The first kappa shape index (κ1) is 21.2. The van der Waals surface area contributed by atoms with E-state index in [-0.39, 0.29) is 18.3 Å². The molecule has 7 nitrogen and oxygen atoms in total. The minimum atomic E-state index is -0.123. The normalized spacial score (nSPS) is 14.8. The Bertz CT molecular complexity index is 957. The first-order valence-electron chi connectivity index (χ1n) is 8.78. The van der Waals surface area contributed by atoms with Crippen LogP contribution in [0.25, 0.3) is 10.2 Å². The monoisotopic (exact) mass is 485 g/mol. The van der Waals surface area contributed by atoms with Gasteiger partial charge in [-0.3, -0.25) is 19.3 Å². The number of hydrogen-bond acceptors (Lipinski definition) is 6. The first-order chi connectivity index (χ1) is 13.1. The quantitative estimate of drug-likeness (QED) is 0.554. The zero-order chi connectivity index (χ0) is 18.8. The van der Waals surface area contributed by atoms with E-state index in [2.05, 4.69) is 25.9 Å². The van der Waals surface area contributed by atoms with Crippen LogP contribution in [0.2, 0.25) is 0 Å². The number of hydrogen-bond donors (Lipinski definition) is 0. The molecule has 1 saturated heterocycles. The molecule has 1 aromatic carbocycles. The summed E-state index contributed by atoms with van der Waals surface area (Å²) < 4.78 is 9.10. The number of nitrogens with zero attached hydrogens (tertiary/aromatic N) is 5. The topological polar surface area (TPSA) is 63.5 Å². The number of fused-ring (bicyclic) bond motifs is 1. The van der Waals surface area contributed by atoms with Gasteiger partial charge in [-0.1, -0.05) is 27.3 Å². The molecule has 4 rings (SSSR count). The third kappa shape index (κ3) is 4.72. The Balaban J connectivity index is 0.00000225. The van der Waals surface area contributed by atoms with E-state index in [1.54, 1.807) is 21.8 Å². The lowest BCUT2D eigenvalue weighted by molar-refractivity contribution is 0.0391. The minimum absolute atomic E-state index is 0. The van der Waals surface area contributed by atoms with Crippen molar-refractivity contribution >= 4 is 60.9 Å². The highest BCUT2D eigenvalue weighted by Crippen LogP contribution is 2.31. The number of aryl methyl sites for hydroxylation is 1. The van der Waals surface area contributed by atoms with Gasteiger partial charge in [0.25, 0.3) is 5.91 Å². The Morgan fingerprint density at radius 3 is 2.82 bits per heavy atom. The summed E-state index contributed by atoms with van der Waals surface area (Å²) in [6, 6.07) is 7.70. The van der Waals surface area contributed by atoms with E-state index in [1.165, 1.54) is 11.3 Å². The molecular weight excluding hydrogens is 466 g/mol. The molecule has 2 aromatic heterocycles. The van der Waals surface area contributed by atoms with Crippen molar-refractivity contribution in [1.29, 1.82) is 0 Å². The molecule has 0 spiro atoms. The summed E-state index contributed by atoms with van der Waals surface area (Å²) in [5.74, 6) is -0.123. The Labute approximate surface area is 181 Å². The molecule has 3 heterocycles. The second kappa shape index (κ2) is 9.32. The van der Waals surface area contributed by atoms with E-state index >= 15 is 0 Å². The van der Waals surface area contributed by atoms with Crippen molar-refractivity contribution < 1.29 is 9.53 Å². The van der Waals surface area contributed by atoms with Crippen LogP contribution in [-0.2, 0) is 11.8 Å². The maximum Gasteiger partial charge on any atom is 0.280 e. The number of ether oxygens (including phenoxy) is 1. The van der Waals surface area contributed by atoms with Crippen LogP contribution >= 0.6 is 39.7 Å². The fraction of sp³-hybridized carbons (Fsp3) is 0.389. The lowest BCUT2D eigenvalue weighted by atomic mass is 10.3. The van der Waals surface area contributed by atoms with Gasteiger partial charge in [-0.2, -0.15) is 5.10 Å². The van der Waals surface area contributed by atoms with Gasteiger partial charge in [0.1, 0.15) is 0 Å². The molecule has 0 aliphatic carbocycles. The Kier molecular flexibility index (Phi) is 7.05. The van der Waals surface area contributed by atoms with Gasteiger partial charge in [0, 0.05) is 43.9 Å². The van der Waals surface area contributed by atoms with Crippen LogP contribution < -0.4 is 4.90 Å². The number of carbonyl (C=O) groups is 1. The molecule has 150 valence electrons. The third-order valence-electron chi connectivity index (χ3n) is 4.49. The molecule has 0 bridgehead atoms. The molecule has 3 aromatic rings. The van der Waals surface area contributed by atoms with Crippen LogP contribution in [0.1, 0.15) is 10.5 Å². The third-order valence-corrected chi connectivity index (χ3v) is 6.03. The molecule has 1 aliphatic rings. The molecule has 10 heteroatoms. The second-order valence-corrected chi connectivity index (χ2v) is 8.32. The lowest BCUT2D eigenvalue weighted by Crippen LogP contribution is -2.43. The molecule has 28 heavy (non-hydrogen) atoms. The molecule has 1 amide bonds. The predicted octanol–water partition coefficient (Wildman–Crippen LogP) is 3.19. The van der Waals surface area contributed by atoms with Crippen molar-refractivity contribution in [2.45, 2.75) is 0 Å². The van der Waals surface area contributed by atoms with E-state index in [0.717, 1.165) is 47.5 Å². The van der Waals surface area contributed by atoms with Gasteiger partial charge >= 0.3 is 0 Å². The van der Waals surface area contributed by atoms with Crippen molar-refractivity contribution in [2.75, 3.05) is 44.3 Å². The molecule has 0 radical (unpaired) electrons. The molecule has 0 saturated carbocycles. The highest BCUT2D eigenvalue weighted by atomic mass is 79.9. The molecule has 1 aliphatic heterocycles. The van der Waals surface area contributed by atoms with Gasteiger partial charge in [-0.25, -0.2) is 4.98 Å². The van der Waals surface area contributed by atoms with Crippen molar-refractivity contribution in [1.82, 2.24) is 19.7 Å². The fourth-order valence-corrected chi connectivity index (χ4v) is 4.56. The first-order valence-corrected chi connectivity index (χ1v) is 10.4. The van der Waals surface area contributed by atoms with Gasteiger partial charge in [0.2, 0.25) is 0 Å². The van der Waals surface area contributed by atoms with Gasteiger partial charge in [0.05, 0.1) is 23.4 Å². The van der Waals surface area contributed by atoms with E-state index in [0.29, 0.717) is 17.4 Å². The van der Waals surface area contributed by atoms with Gasteiger partial charge < -0.3 is 4.74 Å². The summed E-state index contributed by atoms with van der Waals surface area (Å²) >= 11 is 5.02. The number of halogens is 2. The van der Waals surface area contributed by atoms with Crippen LogP contribution in [0, 0.1) is 0 Å². The number of rotatable bonds is 5. The van der Waals surface area contributed by atoms with Crippen LogP contribution in [0.3, 0.4) is 0 Å². The van der Waals surface area contributed by atoms with Gasteiger partial charge in [-0.05, 0) is 24.3 Å². The summed E-state index contributed by atoms with van der Waals surface area (Å²) in [4.78, 5) is 21.9. The lowest BCUT2D eigenvalue weighted by Gasteiger charge is -2.29. The standard InChI is InChI=1S/C18H20BrN5O2S.ClH/c1-22-5-4-15(21-22)17(25)24(7-6-23-8-10-26-11-9-23)18-20-14-3-2-13(19)12-16(14)27-18;/h2-5,12H,6-11H2,1H3;1H. The number of thiazole rings is 1. The number of amides is 1. The maximum absolute atomic E-state index is 13.1. The SMILES string of the molecule is Cl.Cn1ccc(C(=O)N(CCN2CCOCC2)c2nc3ccc(Br)cc3s2)n1. The van der Waals surface area contributed by atoms with E-state index < -0.39 is 0 Å². The van der Waals surface area contributed by atoms with Crippen molar-refractivity contribution in [3.63, 3.8) is 0 Å². The summed E-state index contributed by atoms with van der Waals surface area (Å²) in [5, 5.41) is 4.98. The largest absolute Gasteiger partial charge is 0.379 e. The zero-order valence-electron chi connectivity index (χ0n) is 15.4. The number of aromatic nitrogens is 3. The van der Waals surface area contributed by atoms with Crippen molar-refractivity contribution in [3.8, 4) is 0 Å². The highest BCUT2D eigenvalue weighted by molar-refractivity contribution is 9.10. The fourth-order valence-electron chi connectivity index (χ4n) is 3.02. The zero-order valence-corrected chi connectivity index (χ0v) is 18.6. The molecule has 0 N–H and O–H groups in total. The summed E-state index contributed by atoms with van der Waals surface area (Å²) in [6.07, 6.45) is 1.78. The number of morpholine rings is 1. The average Bonchev–Trinajstić information content (AvgIpc) is 3.28. The molecule has 0 atom stereocenters. The van der Waals surface area contributed by atoms with E-state index in [1.807, 2.05) is 25.2 Å². The smallest absolute Gasteiger partial charge is 0.280 e. The van der Waals surface area contributed by atoms with Crippen molar-refractivity contribution in [2.24, 2.45) is 7.05 Å². The van der Waals surface area contributed by atoms with Crippen LogP contribution in [0.4, 0.5) is 5.13 Å². The molecule has 1 fully saturated rings. The number of carbonyl (C=O) groups excluding carboxylic acids is 1. The minimum Gasteiger partial charge on any atom is -0.379 e. The van der Waals surface area contributed by atoms with Crippen LogP contribution in [0.5, 0.6) is 0 Å². The Hall–Kier alpha value is -1.52. The number of anilines is 1. The van der Waals surface area contributed by atoms with Crippen LogP contribution in [0.15, 0.2) is 34.9 Å². The Morgan fingerprint density at radius 2 is 2.11 bits per heavy atom. The van der Waals surface area contributed by atoms with Crippen LogP contribution in [-0.4, -0.2) is 65.0 Å². The summed E-state index contributed by atoms with van der Waals surface area (Å²) in [6.45, 7) is 4.60. The highest BCUT2D eigenvalue weighted by Gasteiger charge is 2.24. The second-order valence-electron chi connectivity index (χ2n) is 6.39. The van der Waals surface area contributed by atoms with E-state index in [4.69, 9.17) is 9.72 Å². The average molecular weight is 487 g/mol. The van der Waals surface area contributed by atoms with Gasteiger partial charge in [0.15, 0.2) is 10.8 Å². The summed E-state index contributed by atoms with van der Waals surface area (Å²) in [7, 11) is 1.81. The van der Waals surface area contributed by atoms with Gasteiger partial charge in [-0.15, -0.1) is 12.4 Å². The van der Waals surface area contributed by atoms with Crippen molar-refractivity contribution in [3.05, 3.63) is 40.6 Å². The maximum atomic E-state index is 13.1.